The van der Waals surface area contributed by atoms with Crippen molar-refractivity contribution in [3.8, 4) is 0 Å². The fraction of sp³-hybridized carbons (Fsp3) is 0.265. The molecule has 15 nitrogen and oxygen atoms in total. The molecule has 0 aliphatic rings. The molecule has 0 radical (unpaired) electrons. The van der Waals surface area contributed by atoms with E-state index in [1.54, 1.807) is 17.9 Å². The maximum atomic E-state index is 12.4. The fourth-order valence-corrected chi connectivity index (χ4v) is 6.45. The van der Waals surface area contributed by atoms with E-state index < -0.39 is 0 Å². The van der Waals surface area contributed by atoms with Crippen molar-refractivity contribution in [3.05, 3.63) is 157 Å². The molecule has 2 heterocycles. The SMILES string of the molecule is COC(=O)CCCCCCNC(=O)c1cnc(N(c2ccccc2)c2ccccc2)nc1.O=C(CCCCCCNC(=O)c1cnc(N(c2ccccc2)c2ccccc2)nc1)NO. The summed E-state index contributed by atoms with van der Waals surface area (Å²) in [6, 6.07) is 39.3. The molecule has 0 fully saturated rings. The van der Waals surface area contributed by atoms with Crippen LogP contribution in [-0.2, 0) is 14.3 Å². The second-order valence-corrected chi connectivity index (χ2v) is 14.5. The third-order valence-electron chi connectivity index (χ3n) is 9.82. The van der Waals surface area contributed by atoms with Gasteiger partial charge in [-0.2, -0.15) is 0 Å². The van der Waals surface area contributed by atoms with Crippen molar-refractivity contribution in [2.24, 2.45) is 0 Å². The Balaban J connectivity index is 0.000000241. The van der Waals surface area contributed by atoms with E-state index in [1.165, 1.54) is 19.5 Å². The second-order valence-electron chi connectivity index (χ2n) is 14.5. The number of methoxy groups -OCH3 is 1. The number of carbonyl (C=O) groups is 4. The summed E-state index contributed by atoms with van der Waals surface area (Å²) in [7, 11) is 1.40. The number of unbranched alkanes of at least 4 members (excludes halogenated alkanes) is 6. The Morgan fingerprint density at radius 2 is 0.812 bits per heavy atom. The van der Waals surface area contributed by atoms with Crippen molar-refractivity contribution in [2.45, 2.75) is 64.2 Å². The summed E-state index contributed by atoms with van der Waals surface area (Å²) in [6.45, 7) is 1.10. The molecule has 64 heavy (non-hydrogen) atoms. The van der Waals surface area contributed by atoms with Crippen LogP contribution in [0.5, 0.6) is 0 Å². The highest BCUT2D eigenvalue weighted by atomic mass is 16.5. The Morgan fingerprint density at radius 3 is 1.14 bits per heavy atom. The zero-order chi connectivity index (χ0) is 45.2. The zero-order valence-electron chi connectivity index (χ0n) is 36.0. The van der Waals surface area contributed by atoms with E-state index in [0.29, 0.717) is 55.4 Å². The highest BCUT2D eigenvalue weighted by molar-refractivity contribution is 5.94. The van der Waals surface area contributed by atoms with Crippen LogP contribution in [0.2, 0.25) is 0 Å². The second kappa shape index (κ2) is 26.7. The van der Waals surface area contributed by atoms with Gasteiger partial charge in [0.1, 0.15) is 0 Å². The number of hydrogen-bond donors (Lipinski definition) is 4. The first kappa shape index (κ1) is 47.5. The quantitative estimate of drug-likeness (QED) is 0.0220. The predicted octanol–water partition coefficient (Wildman–Crippen LogP) is 8.93. The van der Waals surface area contributed by atoms with Gasteiger partial charge in [0.25, 0.3) is 11.8 Å². The molecule has 0 bridgehead atoms. The summed E-state index contributed by atoms with van der Waals surface area (Å²) in [6.07, 6.45) is 13.7. The van der Waals surface area contributed by atoms with E-state index >= 15 is 0 Å². The lowest BCUT2D eigenvalue weighted by Crippen LogP contribution is -2.25. The van der Waals surface area contributed by atoms with Gasteiger partial charge in [-0.05, 0) is 74.2 Å². The van der Waals surface area contributed by atoms with Crippen molar-refractivity contribution in [3.63, 3.8) is 0 Å². The number of carbonyl (C=O) groups excluding carboxylic acids is 4. The summed E-state index contributed by atoms with van der Waals surface area (Å²) in [4.78, 5) is 68.5. The molecule has 2 aromatic heterocycles. The van der Waals surface area contributed by atoms with E-state index in [2.05, 4.69) is 35.3 Å². The number of para-hydroxylation sites is 4. The number of nitrogens with one attached hydrogen (secondary N) is 3. The van der Waals surface area contributed by atoms with Crippen LogP contribution in [0.15, 0.2) is 146 Å². The van der Waals surface area contributed by atoms with Crippen LogP contribution in [0.4, 0.5) is 34.6 Å². The lowest BCUT2D eigenvalue weighted by atomic mass is 10.1. The highest BCUT2D eigenvalue weighted by Gasteiger charge is 2.17. The predicted molar refractivity (Wildman–Crippen MR) is 246 cm³/mol. The molecule has 0 aliphatic heterocycles. The number of hydrogen-bond acceptors (Lipinski definition) is 12. The monoisotopic (exact) mass is 865 g/mol. The molecule has 0 saturated heterocycles. The van der Waals surface area contributed by atoms with Gasteiger partial charge in [0.05, 0.1) is 18.2 Å². The Morgan fingerprint density at radius 1 is 0.484 bits per heavy atom. The standard InChI is InChI=1S/C25H28N4O3.C24H27N5O3/c1-32-23(30)16-10-2-3-11-17-26-24(31)20-18-27-25(28-19-20)29(21-12-6-4-7-13-21)22-14-8-5-9-15-22;30-22(28-32)15-9-1-2-10-16-25-23(31)19-17-26-24(27-18-19)29(20-11-5-3-6-12-20)21-13-7-4-8-14-21/h4-9,12-15,18-19H,2-3,10-11,16-17H2,1H3,(H,26,31);3-8,11-14,17-18,32H,1-2,9-10,15-16H2,(H,25,31)(H,28,30). The van der Waals surface area contributed by atoms with Gasteiger partial charge in [-0.3, -0.25) is 34.2 Å². The normalized spacial score (nSPS) is 10.4. The lowest BCUT2D eigenvalue weighted by Gasteiger charge is -2.22. The van der Waals surface area contributed by atoms with Crippen LogP contribution < -0.4 is 25.9 Å². The molecule has 0 spiro atoms. The minimum absolute atomic E-state index is 0.181. The van der Waals surface area contributed by atoms with Crippen LogP contribution in [-0.4, -0.2) is 69.0 Å². The smallest absolute Gasteiger partial charge is 0.305 e. The summed E-state index contributed by atoms with van der Waals surface area (Å²) in [5, 5.41) is 14.2. The minimum atomic E-state index is -0.375. The van der Waals surface area contributed by atoms with Crippen LogP contribution in [0.3, 0.4) is 0 Å². The zero-order valence-corrected chi connectivity index (χ0v) is 36.0. The van der Waals surface area contributed by atoms with E-state index in [0.717, 1.165) is 67.7 Å². The van der Waals surface area contributed by atoms with Crippen molar-refractivity contribution < 1.29 is 29.1 Å². The Kier molecular flexibility index (Phi) is 19.9. The molecule has 3 amide bonds. The van der Waals surface area contributed by atoms with Crippen molar-refractivity contribution in [2.75, 3.05) is 30.0 Å². The van der Waals surface area contributed by atoms with Gasteiger partial charge in [-0.15, -0.1) is 0 Å². The van der Waals surface area contributed by atoms with Gasteiger partial charge in [-0.1, -0.05) is 98.5 Å². The van der Waals surface area contributed by atoms with E-state index in [1.807, 2.05) is 131 Å². The number of benzene rings is 4. The first-order valence-corrected chi connectivity index (χ1v) is 21.4. The molecule has 0 unspecified atom stereocenters. The average Bonchev–Trinajstić information content (AvgIpc) is 3.35. The summed E-state index contributed by atoms with van der Waals surface area (Å²) < 4.78 is 4.62. The van der Waals surface area contributed by atoms with Crippen LogP contribution >= 0.6 is 0 Å². The number of ether oxygens (including phenoxy) is 1. The topological polar surface area (TPSA) is 192 Å². The number of anilines is 6. The number of nitrogens with zero attached hydrogens (tertiary/aromatic N) is 6. The number of rotatable bonds is 22. The molecule has 332 valence electrons. The highest BCUT2D eigenvalue weighted by Crippen LogP contribution is 2.32. The first-order chi connectivity index (χ1) is 31.4. The Hall–Kier alpha value is -7.52. The summed E-state index contributed by atoms with van der Waals surface area (Å²) >= 11 is 0. The maximum absolute atomic E-state index is 12.4. The molecule has 4 aromatic carbocycles. The molecule has 0 aliphatic carbocycles. The van der Waals surface area contributed by atoms with Gasteiger partial charge >= 0.3 is 5.97 Å². The summed E-state index contributed by atoms with van der Waals surface area (Å²) in [5.41, 5.74) is 6.15. The van der Waals surface area contributed by atoms with Crippen molar-refractivity contribution >= 4 is 58.3 Å². The molecule has 4 N–H and O–H groups in total. The largest absolute Gasteiger partial charge is 0.469 e. The van der Waals surface area contributed by atoms with Crippen LogP contribution in [0.1, 0.15) is 84.9 Å². The Bertz CT molecular complexity index is 2050. The molecule has 0 atom stereocenters. The summed E-state index contributed by atoms with van der Waals surface area (Å²) in [5.74, 6) is -0.00521. The lowest BCUT2D eigenvalue weighted by molar-refractivity contribution is -0.140. The van der Waals surface area contributed by atoms with Crippen LogP contribution in [0.25, 0.3) is 0 Å². The molecule has 0 saturated carbocycles. The average molecular weight is 866 g/mol. The van der Waals surface area contributed by atoms with Gasteiger partial charge in [0.15, 0.2) is 0 Å². The Labute approximate surface area is 373 Å². The third-order valence-corrected chi connectivity index (χ3v) is 9.82. The van der Waals surface area contributed by atoms with Crippen molar-refractivity contribution in [1.82, 2.24) is 36.0 Å². The van der Waals surface area contributed by atoms with Gasteiger partial charge < -0.3 is 15.4 Å². The maximum Gasteiger partial charge on any atom is 0.305 e. The van der Waals surface area contributed by atoms with E-state index in [-0.39, 0.29) is 23.7 Å². The molecule has 6 rings (SSSR count). The van der Waals surface area contributed by atoms with Crippen LogP contribution in [0, 0.1) is 0 Å². The molecular weight excluding hydrogens is 811 g/mol. The number of aromatic nitrogens is 4. The molecule has 15 heteroatoms. The van der Waals surface area contributed by atoms with Gasteiger partial charge in [0, 0.05) is 73.5 Å². The molecule has 6 aromatic rings. The molecular formula is C49H55N9O6. The van der Waals surface area contributed by atoms with Gasteiger partial charge in [-0.25, -0.2) is 25.4 Å². The first-order valence-electron chi connectivity index (χ1n) is 21.4. The fourth-order valence-electron chi connectivity index (χ4n) is 6.45. The minimum Gasteiger partial charge on any atom is -0.469 e. The van der Waals surface area contributed by atoms with Gasteiger partial charge in [0.2, 0.25) is 17.8 Å². The van der Waals surface area contributed by atoms with Crippen molar-refractivity contribution in [1.29, 1.82) is 0 Å². The number of esters is 1. The number of amides is 3. The third kappa shape index (κ3) is 15.4. The van der Waals surface area contributed by atoms with E-state index in [9.17, 15) is 19.2 Å². The number of hydroxylamine groups is 1. The van der Waals surface area contributed by atoms with E-state index in [4.69, 9.17) is 5.21 Å².